The van der Waals surface area contributed by atoms with Crippen LogP contribution in [0.25, 0.3) is 0 Å². The maximum atomic E-state index is 12.7. The van der Waals surface area contributed by atoms with Crippen molar-refractivity contribution in [2.24, 2.45) is 0 Å². The molecule has 1 atom stereocenters. The van der Waals surface area contributed by atoms with Gasteiger partial charge in [0.05, 0.1) is 6.04 Å². The first-order valence-electron chi connectivity index (χ1n) is 6.48. The summed E-state index contributed by atoms with van der Waals surface area (Å²) in [6.45, 7) is 1.79. The first kappa shape index (κ1) is 15.5. The molecule has 0 aliphatic heterocycles. The molecule has 0 fully saturated rings. The Morgan fingerprint density at radius 2 is 2.00 bits per heavy atom. The van der Waals surface area contributed by atoms with Crippen molar-refractivity contribution in [1.82, 2.24) is 5.32 Å². The van der Waals surface area contributed by atoms with E-state index in [1.54, 1.807) is 0 Å². The van der Waals surface area contributed by atoms with Gasteiger partial charge in [0.15, 0.2) is 6.61 Å². The van der Waals surface area contributed by atoms with E-state index >= 15 is 0 Å². The van der Waals surface area contributed by atoms with Crippen LogP contribution >= 0.6 is 15.9 Å². The summed E-state index contributed by atoms with van der Waals surface area (Å²) < 4.78 is 19.0. The fourth-order valence-electron chi connectivity index (χ4n) is 1.82. The predicted molar refractivity (Wildman–Crippen MR) is 82.6 cm³/mol. The fraction of sp³-hybridized carbons (Fsp3) is 0.188. The lowest BCUT2D eigenvalue weighted by molar-refractivity contribution is -0.123. The van der Waals surface area contributed by atoms with Gasteiger partial charge in [0, 0.05) is 4.47 Å². The molecule has 1 N–H and O–H groups in total. The molecule has 0 heterocycles. The van der Waals surface area contributed by atoms with Gasteiger partial charge < -0.3 is 10.1 Å². The zero-order chi connectivity index (χ0) is 15.2. The van der Waals surface area contributed by atoms with Crippen LogP contribution in [-0.2, 0) is 4.79 Å². The third kappa shape index (κ3) is 4.86. The van der Waals surface area contributed by atoms with Gasteiger partial charge in [0.1, 0.15) is 11.6 Å². The van der Waals surface area contributed by atoms with E-state index in [1.807, 2.05) is 31.2 Å². The quantitative estimate of drug-likeness (QED) is 0.888. The number of rotatable bonds is 5. The summed E-state index contributed by atoms with van der Waals surface area (Å²) in [4.78, 5) is 11.8. The minimum absolute atomic E-state index is 0.107. The SMILES string of the molecule is C[C@H](NC(=O)COc1ccc(F)cc1)c1cccc(Br)c1. The summed E-state index contributed by atoms with van der Waals surface area (Å²) in [7, 11) is 0. The Morgan fingerprint density at radius 1 is 1.29 bits per heavy atom. The fourth-order valence-corrected chi connectivity index (χ4v) is 2.24. The average Bonchev–Trinajstić information content (AvgIpc) is 2.46. The highest BCUT2D eigenvalue weighted by molar-refractivity contribution is 9.10. The highest BCUT2D eigenvalue weighted by Gasteiger charge is 2.10. The van der Waals surface area contributed by atoms with Crippen LogP contribution in [0.4, 0.5) is 4.39 Å². The normalized spacial score (nSPS) is 11.8. The topological polar surface area (TPSA) is 38.3 Å². The van der Waals surface area contributed by atoms with Crippen molar-refractivity contribution in [1.29, 1.82) is 0 Å². The molecule has 2 aromatic rings. The van der Waals surface area contributed by atoms with Crippen LogP contribution in [0.1, 0.15) is 18.5 Å². The van der Waals surface area contributed by atoms with Gasteiger partial charge in [0.2, 0.25) is 0 Å². The number of carbonyl (C=O) groups excluding carboxylic acids is 1. The zero-order valence-corrected chi connectivity index (χ0v) is 13.1. The molecule has 0 spiro atoms. The Balaban J connectivity index is 1.85. The van der Waals surface area contributed by atoms with Crippen LogP contribution in [0.3, 0.4) is 0 Å². The second-order valence-corrected chi connectivity index (χ2v) is 5.50. The number of halogens is 2. The average molecular weight is 352 g/mol. The third-order valence-corrected chi connectivity index (χ3v) is 3.40. The van der Waals surface area contributed by atoms with Gasteiger partial charge >= 0.3 is 0 Å². The van der Waals surface area contributed by atoms with Crippen molar-refractivity contribution in [3.05, 3.63) is 64.4 Å². The number of benzene rings is 2. The minimum Gasteiger partial charge on any atom is -0.484 e. The van der Waals surface area contributed by atoms with E-state index in [4.69, 9.17) is 4.74 Å². The van der Waals surface area contributed by atoms with Crippen LogP contribution in [-0.4, -0.2) is 12.5 Å². The van der Waals surface area contributed by atoms with E-state index < -0.39 is 0 Å². The summed E-state index contributed by atoms with van der Waals surface area (Å²) >= 11 is 3.40. The van der Waals surface area contributed by atoms with E-state index in [1.165, 1.54) is 24.3 Å². The van der Waals surface area contributed by atoms with Crippen molar-refractivity contribution in [3.8, 4) is 5.75 Å². The number of nitrogens with one attached hydrogen (secondary N) is 1. The lowest BCUT2D eigenvalue weighted by Gasteiger charge is -2.15. The standard InChI is InChI=1S/C16H15BrFNO2/c1-11(12-3-2-4-13(17)9-12)19-16(20)10-21-15-7-5-14(18)6-8-15/h2-9,11H,10H2,1H3,(H,19,20)/t11-/m0/s1. The van der Waals surface area contributed by atoms with Crippen molar-refractivity contribution in [2.75, 3.05) is 6.61 Å². The van der Waals surface area contributed by atoms with Gasteiger partial charge in [0.25, 0.3) is 5.91 Å². The van der Waals surface area contributed by atoms with Crippen molar-refractivity contribution >= 4 is 21.8 Å². The van der Waals surface area contributed by atoms with E-state index in [-0.39, 0.29) is 24.4 Å². The van der Waals surface area contributed by atoms with E-state index in [0.717, 1.165) is 10.0 Å². The van der Waals surface area contributed by atoms with Crippen LogP contribution in [0.2, 0.25) is 0 Å². The molecular formula is C16H15BrFNO2. The molecule has 1 amide bonds. The molecule has 3 nitrogen and oxygen atoms in total. The van der Waals surface area contributed by atoms with Gasteiger partial charge in [-0.05, 0) is 48.9 Å². The van der Waals surface area contributed by atoms with Gasteiger partial charge in [-0.1, -0.05) is 28.1 Å². The van der Waals surface area contributed by atoms with Gasteiger partial charge in [-0.15, -0.1) is 0 Å². The Morgan fingerprint density at radius 3 is 2.67 bits per heavy atom. The Hall–Kier alpha value is -1.88. The molecule has 2 rings (SSSR count). The Bertz CT molecular complexity index is 616. The maximum Gasteiger partial charge on any atom is 0.258 e. The molecule has 0 aliphatic carbocycles. The molecule has 2 aromatic carbocycles. The van der Waals surface area contributed by atoms with Crippen LogP contribution in [0, 0.1) is 5.82 Å². The lowest BCUT2D eigenvalue weighted by atomic mass is 10.1. The minimum atomic E-state index is -0.338. The molecule has 0 saturated heterocycles. The smallest absolute Gasteiger partial charge is 0.258 e. The van der Waals surface area contributed by atoms with E-state index in [2.05, 4.69) is 21.2 Å². The third-order valence-electron chi connectivity index (χ3n) is 2.91. The highest BCUT2D eigenvalue weighted by Crippen LogP contribution is 2.17. The molecule has 0 radical (unpaired) electrons. The Kier molecular flexibility index (Phi) is 5.33. The summed E-state index contributed by atoms with van der Waals surface area (Å²) in [5.74, 6) is -0.108. The summed E-state index contributed by atoms with van der Waals surface area (Å²) in [6, 6.07) is 13.2. The van der Waals surface area contributed by atoms with Crippen LogP contribution in [0.5, 0.6) is 5.75 Å². The van der Waals surface area contributed by atoms with Crippen molar-refractivity contribution in [2.45, 2.75) is 13.0 Å². The number of amides is 1. The molecule has 0 bridgehead atoms. The summed E-state index contributed by atoms with van der Waals surface area (Å²) in [5, 5.41) is 2.85. The van der Waals surface area contributed by atoms with Gasteiger partial charge in [-0.25, -0.2) is 4.39 Å². The largest absolute Gasteiger partial charge is 0.484 e. The Labute approximate surface area is 131 Å². The van der Waals surface area contributed by atoms with Gasteiger partial charge in [-0.3, -0.25) is 4.79 Å². The maximum absolute atomic E-state index is 12.7. The second-order valence-electron chi connectivity index (χ2n) is 4.59. The van der Waals surface area contributed by atoms with Crippen LogP contribution < -0.4 is 10.1 Å². The molecule has 21 heavy (non-hydrogen) atoms. The molecule has 0 unspecified atom stereocenters. The molecule has 0 aliphatic rings. The summed E-state index contributed by atoms with van der Waals surface area (Å²) in [6.07, 6.45) is 0. The van der Waals surface area contributed by atoms with Crippen molar-refractivity contribution < 1.29 is 13.9 Å². The number of hydrogen-bond acceptors (Lipinski definition) is 2. The van der Waals surface area contributed by atoms with E-state index in [0.29, 0.717) is 5.75 Å². The second kappa shape index (κ2) is 7.22. The molecule has 5 heteroatoms. The highest BCUT2D eigenvalue weighted by atomic mass is 79.9. The molecular weight excluding hydrogens is 337 g/mol. The molecule has 0 saturated carbocycles. The predicted octanol–water partition coefficient (Wildman–Crippen LogP) is 3.84. The number of ether oxygens (including phenoxy) is 1. The van der Waals surface area contributed by atoms with Crippen LogP contribution in [0.15, 0.2) is 53.0 Å². The molecule has 110 valence electrons. The first-order valence-corrected chi connectivity index (χ1v) is 7.27. The molecule has 0 aromatic heterocycles. The first-order chi connectivity index (χ1) is 10.0. The van der Waals surface area contributed by atoms with Crippen molar-refractivity contribution in [3.63, 3.8) is 0 Å². The number of hydrogen-bond donors (Lipinski definition) is 1. The van der Waals surface area contributed by atoms with Gasteiger partial charge in [-0.2, -0.15) is 0 Å². The lowest BCUT2D eigenvalue weighted by Crippen LogP contribution is -2.31. The number of carbonyl (C=O) groups is 1. The summed E-state index contributed by atoms with van der Waals surface area (Å²) in [5.41, 5.74) is 1.000. The van der Waals surface area contributed by atoms with E-state index in [9.17, 15) is 9.18 Å². The monoisotopic (exact) mass is 351 g/mol. The zero-order valence-electron chi connectivity index (χ0n) is 11.5.